The molecule has 3 rings (SSSR count). The van der Waals surface area contributed by atoms with Crippen LogP contribution in [0.2, 0.25) is 0 Å². The maximum atomic E-state index is 13.8. The molecule has 32 heavy (non-hydrogen) atoms. The van der Waals surface area contributed by atoms with E-state index in [1.165, 1.54) is 7.11 Å². The number of aryl methyl sites for hydroxylation is 1. The first-order chi connectivity index (χ1) is 15.3. The zero-order valence-electron chi connectivity index (χ0n) is 18.6. The first-order valence-electron chi connectivity index (χ1n) is 10.1. The SMILES string of the molecule is CCOCc1cc(CBr)ccc1-c1ccccc1S(=O)(=O)N(COC)c1onc(C)c1C. The van der Waals surface area contributed by atoms with E-state index in [2.05, 4.69) is 21.1 Å². The summed E-state index contributed by atoms with van der Waals surface area (Å²) in [4.78, 5) is 0.148. The van der Waals surface area contributed by atoms with Crippen LogP contribution in [0.3, 0.4) is 0 Å². The third-order valence-electron chi connectivity index (χ3n) is 5.14. The van der Waals surface area contributed by atoms with Crippen molar-refractivity contribution in [3.8, 4) is 11.1 Å². The van der Waals surface area contributed by atoms with E-state index in [-0.39, 0.29) is 17.5 Å². The van der Waals surface area contributed by atoms with Crippen molar-refractivity contribution >= 4 is 31.8 Å². The molecule has 0 aliphatic heterocycles. The molecular weight excluding hydrogens is 496 g/mol. The molecule has 0 aliphatic carbocycles. The van der Waals surface area contributed by atoms with Gasteiger partial charge in [-0.05, 0) is 43.5 Å². The molecule has 0 saturated carbocycles. The lowest BCUT2D eigenvalue weighted by molar-refractivity contribution is 0.134. The highest BCUT2D eigenvalue weighted by molar-refractivity contribution is 9.08. The van der Waals surface area contributed by atoms with E-state index in [1.54, 1.807) is 32.0 Å². The Morgan fingerprint density at radius 2 is 1.88 bits per heavy atom. The lowest BCUT2D eigenvalue weighted by Crippen LogP contribution is -2.33. The van der Waals surface area contributed by atoms with Crippen LogP contribution in [0.5, 0.6) is 0 Å². The average molecular weight is 523 g/mol. The number of ether oxygens (including phenoxy) is 2. The van der Waals surface area contributed by atoms with Gasteiger partial charge in [-0.1, -0.05) is 57.5 Å². The second kappa shape index (κ2) is 10.6. The molecule has 172 valence electrons. The summed E-state index contributed by atoms with van der Waals surface area (Å²) >= 11 is 3.48. The summed E-state index contributed by atoms with van der Waals surface area (Å²) in [6.45, 7) is 6.19. The van der Waals surface area contributed by atoms with Crippen molar-refractivity contribution in [2.45, 2.75) is 37.6 Å². The minimum atomic E-state index is -4.03. The minimum absolute atomic E-state index is 0.142. The van der Waals surface area contributed by atoms with Crippen LogP contribution in [-0.2, 0) is 31.4 Å². The normalized spacial score (nSPS) is 11.7. The van der Waals surface area contributed by atoms with Crippen LogP contribution in [0.25, 0.3) is 11.1 Å². The number of sulfonamides is 1. The van der Waals surface area contributed by atoms with Gasteiger partial charge in [0.05, 0.1) is 17.2 Å². The van der Waals surface area contributed by atoms with Gasteiger partial charge in [-0.15, -0.1) is 0 Å². The number of alkyl halides is 1. The minimum Gasteiger partial charge on any atom is -0.377 e. The molecular formula is C23H27BrN2O5S. The van der Waals surface area contributed by atoms with Crippen LogP contribution in [0.1, 0.15) is 29.3 Å². The van der Waals surface area contributed by atoms with Crippen LogP contribution in [0.15, 0.2) is 51.9 Å². The highest BCUT2D eigenvalue weighted by atomic mass is 79.9. The third-order valence-corrected chi connectivity index (χ3v) is 7.55. The fraction of sp³-hybridized carbons (Fsp3) is 0.348. The molecule has 0 amide bonds. The molecule has 0 unspecified atom stereocenters. The Morgan fingerprint density at radius 1 is 1.12 bits per heavy atom. The van der Waals surface area contributed by atoms with Crippen molar-refractivity contribution in [2.24, 2.45) is 0 Å². The van der Waals surface area contributed by atoms with E-state index in [0.717, 1.165) is 21.0 Å². The molecule has 0 atom stereocenters. The molecule has 3 aromatic rings. The van der Waals surface area contributed by atoms with Crippen LogP contribution in [0, 0.1) is 13.8 Å². The molecule has 0 spiro atoms. The van der Waals surface area contributed by atoms with Crippen LogP contribution in [0.4, 0.5) is 5.88 Å². The van der Waals surface area contributed by atoms with Gasteiger partial charge < -0.3 is 14.0 Å². The smallest absolute Gasteiger partial charge is 0.269 e. The quantitative estimate of drug-likeness (QED) is 0.269. The van der Waals surface area contributed by atoms with E-state index in [1.807, 2.05) is 31.2 Å². The molecule has 9 heteroatoms. The van der Waals surface area contributed by atoms with Gasteiger partial charge in [0.25, 0.3) is 10.0 Å². The molecule has 0 aliphatic rings. The summed E-state index contributed by atoms with van der Waals surface area (Å²) in [5.41, 5.74) is 4.63. The average Bonchev–Trinajstić information content (AvgIpc) is 3.13. The molecule has 0 N–H and O–H groups in total. The predicted molar refractivity (Wildman–Crippen MR) is 127 cm³/mol. The van der Waals surface area contributed by atoms with Crippen molar-refractivity contribution in [3.63, 3.8) is 0 Å². The zero-order chi connectivity index (χ0) is 23.3. The van der Waals surface area contributed by atoms with E-state index < -0.39 is 10.0 Å². The third kappa shape index (κ3) is 4.91. The number of aromatic nitrogens is 1. The zero-order valence-corrected chi connectivity index (χ0v) is 21.0. The van der Waals surface area contributed by atoms with Crippen LogP contribution >= 0.6 is 15.9 Å². The van der Waals surface area contributed by atoms with Crippen molar-refractivity contribution in [2.75, 3.05) is 24.8 Å². The summed E-state index contributed by atoms with van der Waals surface area (Å²) in [6, 6.07) is 12.9. The number of benzene rings is 2. The Kier molecular flexibility index (Phi) is 8.10. The monoisotopic (exact) mass is 522 g/mol. The Hall–Kier alpha value is -2.20. The highest BCUT2D eigenvalue weighted by Crippen LogP contribution is 2.35. The first kappa shape index (κ1) is 24.4. The van der Waals surface area contributed by atoms with Crippen molar-refractivity contribution in [3.05, 3.63) is 64.8 Å². The molecule has 0 fully saturated rings. The van der Waals surface area contributed by atoms with E-state index >= 15 is 0 Å². The molecule has 1 heterocycles. The number of anilines is 1. The molecule has 2 aromatic carbocycles. The second-order valence-corrected chi connectivity index (χ2v) is 9.62. The van der Waals surface area contributed by atoms with Gasteiger partial charge in [-0.3, -0.25) is 0 Å². The van der Waals surface area contributed by atoms with Gasteiger partial charge in [-0.2, -0.15) is 0 Å². The molecule has 7 nitrogen and oxygen atoms in total. The fourth-order valence-electron chi connectivity index (χ4n) is 3.35. The summed E-state index contributed by atoms with van der Waals surface area (Å²) in [6.07, 6.45) is 0. The van der Waals surface area contributed by atoms with Gasteiger partial charge in [0.15, 0.2) is 0 Å². The number of hydrogen-bond acceptors (Lipinski definition) is 6. The van der Waals surface area contributed by atoms with Gasteiger partial charge >= 0.3 is 0 Å². The summed E-state index contributed by atoms with van der Waals surface area (Å²) in [7, 11) is -2.60. The van der Waals surface area contributed by atoms with Gasteiger partial charge in [0.1, 0.15) is 6.73 Å². The lowest BCUT2D eigenvalue weighted by atomic mass is 9.98. The largest absolute Gasteiger partial charge is 0.377 e. The standard InChI is InChI=1S/C23H27BrN2O5S/c1-5-30-14-19-12-18(13-24)10-11-20(19)21-8-6-7-9-22(21)32(27,28)26(15-29-4)23-16(2)17(3)25-31-23/h6-12H,5,13-15H2,1-4H3. The lowest BCUT2D eigenvalue weighted by Gasteiger charge is -2.23. The second-order valence-electron chi connectivity index (χ2n) is 7.23. The topological polar surface area (TPSA) is 81.9 Å². The Balaban J connectivity index is 2.18. The van der Waals surface area contributed by atoms with Crippen molar-refractivity contribution in [1.29, 1.82) is 0 Å². The summed E-state index contributed by atoms with van der Waals surface area (Å²) in [5.74, 6) is 0.142. The number of hydrogen-bond donors (Lipinski definition) is 0. The summed E-state index contributed by atoms with van der Waals surface area (Å²) < 4.78 is 45.0. The van der Waals surface area contributed by atoms with Crippen LogP contribution < -0.4 is 4.31 Å². The van der Waals surface area contributed by atoms with Crippen molar-refractivity contribution < 1.29 is 22.4 Å². The number of nitrogens with zero attached hydrogens (tertiary/aromatic N) is 2. The van der Waals surface area contributed by atoms with Gasteiger partial charge in [0, 0.05) is 30.2 Å². The number of halogens is 1. The molecule has 1 aromatic heterocycles. The number of rotatable bonds is 10. The maximum absolute atomic E-state index is 13.8. The maximum Gasteiger partial charge on any atom is 0.269 e. The number of methoxy groups -OCH3 is 1. The molecule has 0 radical (unpaired) electrons. The van der Waals surface area contributed by atoms with E-state index in [4.69, 9.17) is 14.0 Å². The van der Waals surface area contributed by atoms with Crippen molar-refractivity contribution in [1.82, 2.24) is 5.16 Å². The van der Waals surface area contributed by atoms with E-state index in [0.29, 0.717) is 35.4 Å². The molecule has 0 saturated heterocycles. The molecule has 0 bridgehead atoms. The summed E-state index contributed by atoms with van der Waals surface area (Å²) in [5, 5.41) is 4.61. The van der Waals surface area contributed by atoms with Gasteiger partial charge in [-0.25, -0.2) is 12.7 Å². The highest BCUT2D eigenvalue weighted by Gasteiger charge is 2.32. The Bertz CT molecular complexity index is 1180. The predicted octanol–water partition coefficient (Wildman–Crippen LogP) is 5.19. The van der Waals surface area contributed by atoms with Gasteiger partial charge in [0.2, 0.25) is 5.88 Å². The Morgan fingerprint density at radius 3 is 2.50 bits per heavy atom. The van der Waals surface area contributed by atoms with E-state index in [9.17, 15) is 8.42 Å². The fourth-order valence-corrected chi connectivity index (χ4v) is 5.27. The Labute approximate surface area is 197 Å². The first-order valence-corrected chi connectivity index (χ1v) is 12.7. The van der Waals surface area contributed by atoms with Crippen LogP contribution in [-0.4, -0.2) is 34.0 Å².